The Kier molecular flexibility index (Phi) is 7.92. The maximum atomic E-state index is 2.53. The van der Waals surface area contributed by atoms with Crippen LogP contribution in [0.2, 0.25) is 0 Å². The van der Waals surface area contributed by atoms with E-state index in [1.54, 1.807) is 0 Å². The Morgan fingerprint density at radius 2 is 0.736 bits per heavy atom. The summed E-state index contributed by atoms with van der Waals surface area (Å²) >= 11 is 0. The van der Waals surface area contributed by atoms with Crippen LogP contribution in [-0.2, 0) is 10.8 Å². The lowest BCUT2D eigenvalue weighted by Crippen LogP contribution is -2.26. The fraction of sp³-hybridized carbons (Fsp3) is 0.0571. The zero-order chi connectivity index (χ0) is 47.5. The lowest BCUT2D eigenvalue weighted by Gasteiger charge is -2.33. The van der Waals surface area contributed by atoms with Crippen molar-refractivity contribution in [1.29, 1.82) is 0 Å². The molecule has 1 spiro atoms. The number of aromatic nitrogens is 1. The molecule has 0 unspecified atom stereocenters. The summed E-state index contributed by atoms with van der Waals surface area (Å²) in [6.45, 7) is 4.84. The van der Waals surface area contributed by atoms with Gasteiger partial charge in [0.2, 0.25) is 0 Å². The number of nitrogens with zero attached hydrogens (tertiary/aromatic N) is 2. The first-order valence-electron chi connectivity index (χ1n) is 25.3. The molecule has 0 saturated carbocycles. The van der Waals surface area contributed by atoms with Crippen molar-refractivity contribution in [2.75, 3.05) is 4.90 Å². The summed E-state index contributed by atoms with van der Waals surface area (Å²) in [5.41, 5.74) is 22.2. The molecule has 13 aromatic rings. The van der Waals surface area contributed by atoms with Crippen LogP contribution >= 0.6 is 0 Å². The van der Waals surface area contributed by atoms with Gasteiger partial charge >= 0.3 is 0 Å². The van der Waals surface area contributed by atoms with E-state index in [0.29, 0.717) is 0 Å². The first kappa shape index (κ1) is 39.8. The van der Waals surface area contributed by atoms with E-state index in [1.165, 1.54) is 127 Å². The van der Waals surface area contributed by atoms with Gasteiger partial charge in [0.1, 0.15) is 0 Å². The molecule has 0 atom stereocenters. The van der Waals surface area contributed by atoms with Crippen molar-refractivity contribution in [2.24, 2.45) is 0 Å². The minimum absolute atomic E-state index is 0.291. The highest BCUT2D eigenvalue weighted by Crippen LogP contribution is 2.63. The van der Waals surface area contributed by atoms with Crippen LogP contribution in [0, 0.1) is 0 Å². The van der Waals surface area contributed by atoms with Gasteiger partial charge in [-0.25, -0.2) is 0 Å². The highest BCUT2D eigenvalue weighted by molar-refractivity contribution is 6.28. The molecule has 2 heteroatoms. The molecule has 2 nitrogen and oxygen atoms in total. The summed E-state index contributed by atoms with van der Waals surface area (Å²) in [6, 6.07) is 91.6. The predicted octanol–water partition coefficient (Wildman–Crippen LogP) is 18.4. The van der Waals surface area contributed by atoms with Crippen LogP contribution in [0.25, 0.3) is 93.2 Å². The molecular formula is C70H46N2. The van der Waals surface area contributed by atoms with E-state index in [-0.39, 0.29) is 5.41 Å². The summed E-state index contributed by atoms with van der Waals surface area (Å²) in [7, 11) is 0. The fourth-order valence-electron chi connectivity index (χ4n) is 13.9. The largest absolute Gasteiger partial charge is 0.310 e. The molecule has 16 rings (SSSR count). The van der Waals surface area contributed by atoms with Gasteiger partial charge in [-0.05, 0) is 148 Å². The number of anilines is 3. The van der Waals surface area contributed by atoms with Crippen LogP contribution in [0.3, 0.4) is 0 Å². The second kappa shape index (κ2) is 14.3. The van der Waals surface area contributed by atoms with Crippen molar-refractivity contribution in [1.82, 2.24) is 4.57 Å². The Morgan fingerprint density at radius 1 is 0.319 bits per heavy atom. The molecule has 336 valence electrons. The van der Waals surface area contributed by atoms with Gasteiger partial charge in [0, 0.05) is 38.6 Å². The van der Waals surface area contributed by atoms with Crippen LogP contribution in [0.5, 0.6) is 0 Å². The molecule has 0 bridgehead atoms. The van der Waals surface area contributed by atoms with Crippen molar-refractivity contribution in [3.8, 4) is 39.1 Å². The SMILES string of the molecule is CC1(C)c2cc(N(c3ccc4c(c3)C3(c5ccccc5-c5ccccc53)c3ccccc3-4)c3cccc4ccccc34)ccc2-c2ccc(-n3c4ccc5ccccc5c4c4c5ccccc5ccc43)cc21. The third kappa shape index (κ3) is 5.08. The quantitative estimate of drug-likeness (QED) is 0.171. The molecule has 12 aromatic carbocycles. The second-order valence-corrected chi connectivity index (χ2v) is 20.7. The van der Waals surface area contributed by atoms with Gasteiger partial charge in [-0.1, -0.05) is 202 Å². The van der Waals surface area contributed by atoms with Gasteiger partial charge in [0.25, 0.3) is 0 Å². The number of rotatable bonds is 4. The molecule has 3 aliphatic carbocycles. The number of hydrogen-bond donors (Lipinski definition) is 0. The minimum Gasteiger partial charge on any atom is -0.310 e. The third-order valence-electron chi connectivity index (χ3n) is 17.0. The van der Waals surface area contributed by atoms with E-state index in [4.69, 9.17) is 0 Å². The molecule has 0 fully saturated rings. The summed E-state index contributed by atoms with van der Waals surface area (Å²) in [5.74, 6) is 0. The van der Waals surface area contributed by atoms with Gasteiger partial charge in [0.15, 0.2) is 0 Å². The Balaban J connectivity index is 0.892. The average molecular weight is 915 g/mol. The molecule has 72 heavy (non-hydrogen) atoms. The van der Waals surface area contributed by atoms with E-state index in [1.807, 2.05) is 0 Å². The van der Waals surface area contributed by atoms with Gasteiger partial charge in [0.05, 0.1) is 22.1 Å². The molecule has 1 aromatic heterocycles. The molecular weight excluding hydrogens is 869 g/mol. The van der Waals surface area contributed by atoms with Crippen LogP contribution in [0.15, 0.2) is 243 Å². The minimum atomic E-state index is -0.449. The molecule has 0 radical (unpaired) electrons. The van der Waals surface area contributed by atoms with Crippen molar-refractivity contribution in [3.63, 3.8) is 0 Å². The van der Waals surface area contributed by atoms with Gasteiger partial charge in [-0.3, -0.25) is 0 Å². The number of benzene rings is 12. The number of hydrogen-bond acceptors (Lipinski definition) is 1. The monoisotopic (exact) mass is 914 g/mol. The molecule has 0 aliphatic heterocycles. The Labute approximate surface area is 418 Å². The van der Waals surface area contributed by atoms with Crippen molar-refractivity contribution in [3.05, 3.63) is 276 Å². The van der Waals surface area contributed by atoms with Crippen molar-refractivity contribution in [2.45, 2.75) is 24.7 Å². The predicted molar refractivity (Wildman–Crippen MR) is 302 cm³/mol. The first-order valence-corrected chi connectivity index (χ1v) is 25.3. The average Bonchev–Trinajstić information content (AvgIpc) is 4.11. The fourth-order valence-corrected chi connectivity index (χ4v) is 13.9. The van der Waals surface area contributed by atoms with Crippen LogP contribution in [0.4, 0.5) is 17.1 Å². The van der Waals surface area contributed by atoms with Gasteiger partial charge in [-0.2, -0.15) is 0 Å². The normalized spacial score (nSPS) is 14.2. The summed E-state index contributed by atoms with van der Waals surface area (Å²) in [4.78, 5) is 2.53. The highest BCUT2D eigenvalue weighted by atomic mass is 15.1. The third-order valence-corrected chi connectivity index (χ3v) is 17.0. The maximum Gasteiger partial charge on any atom is 0.0726 e. The van der Waals surface area contributed by atoms with Crippen molar-refractivity contribution < 1.29 is 0 Å². The molecule has 0 amide bonds. The van der Waals surface area contributed by atoms with Gasteiger partial charge < -0.3 is 9.47 Å². The Bertz CT molecular complexity index is 4350. The topological polar surface area (TPSA) is 8.17 Å². The summed E-state index contributed by atoms with van der Waals surface area (Å²) in [5, 5.41) is 10.1. The standard InChI is InChI=1S/C70H46N2/c1-69(2)61-40-46(32-35-55(61)56-36-34-48(41-62(56)69)72-65-38-30-44-17-4-7-21-50(44)67(65)68-51-22-8-5-18-45(51)31-39-66(68)72)71(64-29-15-19-43-16-3-6-20-49(43)64)47-33-37-57-54-25-11-14-28-60(54)70(63(57)42-47)58-26-12-9-23-52(58)53-24-10-13-27-59(53)70/h3-42H,1-2H3. The van der Waals surface area contributed by atoms with E-state index < -0.39 is 5.41 Å². The maximum absolute atomic E-state index is 2.53. The molecule has 1 heterocycles. The van der Waals surface area contributed by atoms with E-state index in [2.05, 4.69) is 266 Å². The molecule has 3 aliphatic rings. The zero-order valence-electron chi connectivity index (χ0n) is 40.0. The molecule has 0 saturated heterocycles. The van der Waals surface area contributed by atoms with E-state index in [0.717, 1.165) is 17.1 Å². The van der Waals surface area contributed by atoms with Crippen molar-refractivity contribution >= 4 is 71.2 Å². The van der Waals surface area contributed by atoms with Gasteiger partial charge in [-0.15, -0.1) is 0 Å². The lowest BCUT2D eigenvalue weighted by molar-refractivity contribution is 0.660. The summed E-state index contributed by atoms with van der Waals surface area (Å²) < 4.78 is 2.51. The van der Waals surface area contributed by atoms with Crippen LogP contribution in [-0.4, -0.2) is 4.57 Å². The van der Waals surface area contributed by atoms with Crippen LogP contribution in [0.1, 0.15) is 47.2 Å². The Hall–Kier alpha value is -8.98. The van der Waals surface area contributed by atoms with E-state index >= 15 is 0 Å². The smallest absolute Gasteiger partial charge is 0.0726 e. The van der Waals surface area contributed by atoms with Crippen LogP contribution < -0.4 is 4.90 Å². The molecule has 0 N–H and O–H groups in total. The number of fused-ring (bicyclic) bond motifs is 21. The second-order valence-electron chi connectivity index (χ2n) is 20.7. The Morgan fingerprint density at radius 3 is 1.31 bits per heavy atom. The first-order chi connectivity index (χ1) is 35.5. The zero-order valence-corrected chi connectivity index (χ0v) is 40.0. The summed E-state index contributed by atoms with van der Waals surface area (Å²) in [6.07, 6.45) is 0. The van der Waals surface area contributed by atoms with E-state index in [9.17, 15) is 0 Å². The lowest BCUT2D eigenvalue weighted by atomic mass is 9.70. The highest BCUT2D eigenvalue weighted by Gasteiger charge is 2.51.